The van der Waals surface area contributed by atoms with E-state index in [2.05, 4.69) is 27.0 Å². The second-order valence-electron chi connectivity index (χ2n) is 8.14. The topological polar surface area (TPSA) is 70.2 Å². The third kappa shape index (κ3) is 4.10. The molecule has 31 heavy (non-hydrogen) atoms. The molecular weight excluding hydrogens is 402 g/mol. The van der Waals surface area contributed by atoms with Crippen LogP contribution in [0.1, 0.15) is 24.2 Å². The maximum Gasteiger partial charge on any atom is 0.167 e. The molecule has 1 aromatic carbocycles. The van der Waals surface area contributed by atoms with Gasteiger partial charge in [-0.3, -0.25) is 5.10 Å². The van der Waals surface area contributed by atoms with Gasteiger partial charge in [0.15, 0.2) is 17.4 Å². The Kier molecular flexibility index (Phi) is 5.27. The molecular formula is C22H24F2N6O. The van der Waals surface area contributed by atoms with E-state index < -0.39 is 11.6 Å². The molecule has 0 aliphatic carbocycles. The molecule has 0 amide bonds. The minimum absolute atomic E-state index is 0.0941. The summed E-state index contributed by atoms with van der Waals surface area (Å²) in [4.78, 5) is 14.4. The molecule has 1 N–H and O–H groups in total. The van der Waals surface area contributed by atoms with E-state index in [4.69, 9.17) is 14.7 Å². The summed E-state index contributed by atoms with van der Waals surface area (Å²) < 4.78 is 32.9. The average molecular weight is 426 g/mol. The van der Waals surface area contributed by atoms with Crippen LogP contribution < -0.4 is 9.64 Å². The van der Waals surface area contributed by atoms with Crippen LogP contribution in [-0.2, 0) is 13.0 Å². The standard InChI is InChI=1S/C22H24F2N6O/c1-29-7-6-18-19(13-29)27-21(14-11-25-26-12-14)22(28-18)30-8-4-16(5-9-30)31-20-3-2-15(23)10-17(20)24/h2-3,10-12,16H,4-9,13H2,1H3,(H,25,26). The van der Waals surface area contributed by atoms with E-state index in [-0.39, 0.29) is 11.9 Å². The molecule has 0 unspecified atom stereocenters. The van der Waals surface area contributed by atoms with Crippen molar-refractivity contribution in [3.05, 3.63) is 53.6 Å². The summed E-state index contributed by atoms with van der Waals surface area (Å²) in [5.74, 6) is -0.327. The Labute approximate surface area is 179 Å². The first-order chi connectivity index (χ1) is 15.1. The predicted octanol–water partition coefficient (Wildman–Crippen LogP) is 3.18. The Morgan fingerprint density at radius 1 is 1.10 bits per heavy atom. The summed E-state index contributed by atoms with van der Waals surface area (Å²) in [6, 6.07) is 3.41. The Bertz CT molecular complexity index is 1070. The predicted molar refractivity (Wildman–Crippen MR) is 112 cm³/mol. The van der Waals surface area contributed by atoms with Crippen molar-refractivity contribution in [3.8, 4) is 17.0 Å². The van der Waals surface area contributed by atoms with Gasteiger partial charge in [0, 0.05) is 63.3 Å². The molecule has 0 atom stereocenters. The normalized spacial score (nSPS) is 17.6. The maximum absolute atomic E-state index is 13.9. The molecule has 3 aromatic rings. The Morgan fingerprint density at radius 2 is 1.94 bits per heavy atom. The largest absolute Gasteiger partial charge is 0.487 e. The molecule has 2 aliphatic rings. The molecule has 0 bridgehead atoms. The lowest BCUT2D eigenvalue weighted by Gasteiger charge is -2.34. The van der Waals surface area contributed by atoms with Gasteiger partial charge in [-0.25, -0.2) is 18.7 Å². The van der Waals surface area contributed by atoms with Crippen LogP contribution in [0.15, 0.2) is 30.6 Å². The number of likely N-dealkylation sites (N-methyl/N-ethyl adjacent to an activating group) is 1. The number of aromatic amines is 1. The van der Waals surface area contributed by atoms with Gasteiger partial charge in [-0.15, -0.1) is 0 Å². The maximum atomic E-state index is 13.9. The van der Waals surface area contributed by atoms with E-state index in [0.717, 1.165) is 54.0 Å². The second kappa shape index (κ2) is 8.22. The van der Waals surface area contributed by atoms with Gasteiger partial charge in [-0.05, 0) is 19.2 Å². The molecule has 162 valence electrons. The van der Waals surface area contributed by atoms with Crippen LogP contribution in [-0.4, -0.2) is 57.9 Å². The van der Waals surface area contributed by atoms with Crippen LogP contribution in [0.3, 0.4) is 0 Å². The molecule has 2 aliphatic heterocycles. The third-order valence-corrected chi connectivity index (χ3v) is 5.88. The highest BCUT2D eigenvalue weighted by Crippen LogP contribution is 2.32. The van der Waals surface area contributed by atoms with Crippen molar-refractivity contribution in [2.45, 2.75) is 31.9 Å². The molecule has 5 rings (SSSR count). The molecule has 7 nitrogen and oxygen atoms in total. The first-order valence-electron chi connectivity index (χ1n) is 10.5. The van der Waals surface area contributed by atoms with E-state index >= 15 is 0 Å². The van der Waals surface area contributed by atoms with E-state index in [0.29, 0.717) is 25.9 Å². The van der Waals surface area contributed by atoms with Crippen molar-refractivity contribution in [2.24, 2.45) is 0 Å². The van der Waals surface area contributed by atoms with Gasteiger partial charge in [-0.1, -0.05) is 0 Å². The number of ether oxygens (including phenoxy) is 1. The van der Waals surface area contributed by atoms with Gasteiger partial charge in [0.1, 0.15) is 17.6 Å². The summed E-state index contributed by atoms with van der Waals surface area (Å²) >= 11 is 0. The van der Waals surface area contributed by atoms with Crippen LogP contribution in [0, 0.1) is 11.6 Å². The minimum atomic E-state index is -0.671. The average Bonchev–Trinajstić information content (AvgIpc) is 3.30. The van der Waals surface area contributed by atoms with Gasteiger partial charge in [0.25, 0.3) is 0 Å². The molecule has 9 heteroatoms. The number of anilines is 1. The van der Waals surface area contributed by atoms with E-state index in [9.17, 15) is 8.78 Å². The monoisotopic (exact) mass is 426 g/mol. The third-order valence-electron chi connectivity index (χ3n) is 5.88. The fraction of sp³-hybridized carbons (Fsp3) is 0.409. The number of rotatable bonds is 4. The van der Waals surface area contributed by atoms with Crippen molar-refractivity contribution < 1.29 is 13.5 Å². The van der Waals surface area contributed by atoms with Crippen molar-refractivity contribution in [2.75, 3.05) is 31.6 Å². The first kappa shape index (κ1) is 19.9. The molecule has 0 saturated carbocycles. The fourth-order valence-electron chi connectivity index (χ4n) is 4.18. The lowest BCUT2D eigenvalue weighted by atomic mass is 10.1. The number of nitrogens with zero attached hydrogens (tertiary/aromatic N) is 5. The van der Waals surface area contributed by atoms with Crippen molar-refractivity contribution in [3.63, 3.8) is 0 Å². The van der Waals surface area contributed by atoms with Gasteiger partial charge >= 0.3 is 0 Å². The SMILES string of the molecule is CN1CCc2nc(N3CCC(Oc4ccc(F)cc4F)CC3)c(-c3cn[nH]c3)nc2C1. The van der Waals surface area contributed by atoms with Gasteiger partial charge in [0.2, 0.25) is 0 Å². The summed E-state index contributed by atoms with van der Waals surface area (Å²) in [6.07, 6.45) is 5.76. The van der Waals surface area contributed by atoms with Crippen LogP contribution in [0.2, 0.25) is 0 Å². The Morgan fingerprint density at radius 3 is 2.68 bits per heavy atom. The number of piperidine rings is 1. The summed E-state index contributed by atoms with van der Waals surface area (Å²) in [5, 5.41) is 6.94. The number of H-pyrrole nitrogens is 1. The highest BCUT2D eigenvalue weighted by atomic mass is 19.1. The van der Waals surface area contributed by atoms with Gasteiger partial charge in [0.05, 0.1) is 17.6 Å². The summed E-state index contributed by atoms with van der Waals surface area (Å²) in [6.45, 7) is 3.18. The van der Waals surface area contributed by atoms with Crippen LogP contribution in [0.4, 0.5) is 14.6 Å². The highest BCUT2D eigenvalue weighted by molar-refractivity contribution is 5.71. The molecule has 0 radical (unpaired) electrons. The molecule has 1 saturated heterocycles. The zero-order valence-corrected chi connectivity index (χ0v) is 17.3. The van der Waals surface area contributed by atoms with E-state index in [1.165, 1.54) is 12.1 Å². The summed E-state index contributed by atoms with van der Waals surface area (Å²) in [7, 11) is 2.09. The van der Waals surface area contributed by atoms with Crippen LogP contribution >= 0.6 is 0 Å². The number of aromatic nitrogens is 4. The van der Waals surface area contributed by atoms with Crippen molar-refractivity contribution in [1.82, 2.24) is 25.1 Å². The molecule has 2 aromatic heterocycles. The minimum Gasteiger partial charge on any atom is -0.487 e. The zero-order chi connectivity index (χ0) is 21.4. The van der Waals surface area contributed by atoms with Crippen molar-refractivity contribution >= 4 is 5.82 Å². The van der Waals surface area contributed by atoms with Gasteiger partial charge < -0.3 is 14.5 Å². The number of halogens is 2. The van der Waals surface area contributed by atoms with Crippen LogP contribution in [0.25, 0.3) is 11.3 Å². The Balaban J connectivity index is 1.36. The lowest BCUT2D eigenvalue weighted by Crippen LogP contribution is -2.39. The zero-order valence-electron chi connectivity index (χ0n) is 17.3. The lowest BCUT2D eigenvalue weighted by molar-refractivity contribution is 0.163. The second-order valence-corrected chi connectivity index (χ2v) is 8.14. The number of benzene rings is 1. The molecule has 0 spiro atoms. The smallest absolute Gasteiger partial charge is 0.167 e. The van der Waals surface area contributed by atoms with Gasteiger partial charge in [-0.2, -0.15) is 5.10 Å². The summed E-state index contributed by atoms with van der Waals surface area (Å²) in [5.41, 5.74) is 3.79. The highest BCUT2D eigenvalue weighted by Gasteiger charge is 2.27. The number of fused-ring (bicyclic) bond motifs is 1. The van der Waals surface area contributed by atoms with E-state index in [1.807, 2.05) is 6.20 Å². The van der Waals surface area contributed by atoms with E-state index in [1.54, 1.807) is 6.20 Å². The number of hydrogen-bond donors (Lipinski definition) is 1. The first-order valence-corrected chi connectivity index (χ1v) is 10.5. The Hall–Kier alpha value is -3.07. The van der Waals surface area contributed by atoms with Crippen LogP contribution in [0.5, 0.6) is 5.75 Å². The van der Waals surface area contributed by atoms with Crippen molar-refractivity contribution in [1.29, 1.82) is 0 Å². The molecule has 1 fully saturated rings. The number of nitrogens with one attached hydrogen (secondary N) is 1. The fourth-order valence-corrected chi connectivity index (χ4v) is 4.18. The number of hydrogen-bond acceptors (Lipinski definition) is 6. The quantitative estimate of drug-likeness (QED) is 0.691. The molecule has 4 heterocycles.